The molecular formula is C18H28N2O2. The molecule has 0 aromatic heterocycles. The van der Waals surface area contributed by atoms with Crippen LogP contribution in [0.1, 0.15) is 54.4 Å². The molecule has 4 nitrogen and oxygen atoms in total. The molecule has 0 aliphatic carbocycles. The van der Waals surface area contributed by atoms with Crippen molar-refractivity contribution in [1.29, 1.82) is 0 Å². The minimum absolute atomic E-state index is 0.0347. The second kappa shape index (κ2) is 7.97. The molecule has 0 saturated heterocycles. The first-order valence-corrected chi connectivity index (χ1v) is 8.03. The maximum atomic E-state index is 11.9. The van der Waals surface area contributed by atoms with E-state index in [4.69, 9.17) is 0 Å². The normalized spacial score (nSPS) is 13.4. The van der Waals surface area contributed by atoms with Crippen LogP contribution >= 0.6 is 0 Å². The lowest BCUT2D eigenvalue weighted by Crippen LogP contribution is -2.37. The summed E-state index contributed by atoms with van der Waals surface area (Å²) >= 11 is 0. The molecule has 4 heteroatoms. The second-order valence-electron chi connectivity index (χ2n) is 5.81. The van der Waals surface area contributed by atoms with Crippen LogP contribution in [0.2, 0.25) is 0 Å². The van der Waals surface area contributed by atoms with Gasteiger partial charge in [-0.25, -0.2) is 0 Å². The number of rotatable bonds is 6. The van der Waals surface area contributed by atoms with Crippen LogP contribution < -0.4 is 9.80 Å². The summed E-state index contributed by atoms with van der Waals surface area (Å²) in [6.45, 7) is 11.4. The number of anilines is 2. The molecular weight excluding hydrogens is 276 g/mol. The summed E-state index contributed by atoms with van der Waals surface area (Å²) < 4.78 is 0. The first kappa shape index (κ1) is 18.2. The number of carbonyl (C=O) groups excluding carboxylic acids is 2. The van der Waals surface area contributed by atoms with E-state index < -0.39 is 0 Å². The van der Waals surface area contributed by atoms with Gasteiger partial charge in [0.05, 0.1) is 0 Å². The SMILES string of the molecule is CC[C@@H](C)N(C(C)=O)c1ccc(N(C(C)=O)[C@H](C)CC)cc1. The van der Waals surface area contributed by atoms with E-state index in [2.05, 4.69) is 13.8 Å². The minimum atomic E-state index is 0.0347. The fraction of sp³-hybridized carbons (Fsp3) is 0.556. The average molecular weight is 304 g/mol. The lowest BCUT2D eigenvalue weighted by atomic mass is 10.1. The Morgan fingerprint density at radius 2 is 1.09 bits per heavy atom. The smallest absolute Gasteiger partial charge is 0.224 e. The van der Waals surface area contributed by atoms with Crippen molar-refractivity contribution in [3.05, 3.63) is 24.3 Å². The van der Waals surface area contributed by atoms with Crippen molar-refractivity contribution in [2.45, 2.75) is 66.5 Å². The Hall–Kier alpha value is -1.84. The van der Waals surface area contributed by atoms with Crippen molar-refractivity contribution >= 4 is 23.2 Å². The van der Waals surface area contributed by atoms with Crippen LogP contribution in [-0.2, 0) is 9.59 Å². The van der Waals surface area contributed by atoms with E-state index in [1.807, 2.05) is 38.1 Å². The molecule has 0 saturated carbocycles. The largest absolute Gasteiger partial charge is 0.310 e. The van der Waals surface area contributed by atoms with Gasteiger partial charge in [0.25, 0.3) is 0 Å². The average Bonchev–Trinajstić information content (AvgIpc) is 2.48. The summed E-state index contributed by atoms with van der Waals surface area (Å²) in [5.41, 5.74) is 1.75. The molecule has 0 unspecified atom stereocenters. The minimum Gasteiger partial charge on any atom is -0.310 e. The molecule has 0 aliphatic heterocycles. The van der Waals surface area contributed by atoms with Crippen molar-refractivity contribution in [3.63, 3.8) is 0 Å². The van der Waals surface area contributed by atoms with E-state index >= 15 is 0 Å². The van der Waals surface area contributed by atoms with Gasteiger partial charge in [0, 0.05) is 37.3 Å². The zero-order valence-electron chi connectivity index (χ0n) is 14.6. The molecule has 0 bridgehead atoms. The van der Waals surface area contributed by atoms with Gasteiger partial charge in [-0.05, 0) is 51.0 Å². The Labute approximate surface area is 134 Å². The monoisotopic (exact) mass is 304 g/mol. The maximum Gasteiger partial charge on any atom is 0.224 e. The third-order valence-corrected chi connectivity index (χ3v) is 4.15. The molecule has 22 heavy (non-hydrogen) atoms. The topological polar surface area (TPSA) is 40.6 Å². The molecule has 1 aromatic carbocycles. The first-order chi connectivity index (χ1) is 10.3. The van der Waals surface area contributed by atoms with Gasteiger partial charge in [0.2, 0.25) is 11.8 Å². The number of hydrogen-bond acceptors (Lipinski definition) is 2. The molecule has 0 fully saturated rings. The highest BCUT2D eigenvalue weighted by atomic mass is 16.2. The van der Waals surface area contributed by atoms with Crippen LogP contribution in [-0.4, -0.2) is 23.9 Å². The van der Waals surface area contributed by atoms with E-state index in [0.717, 1.165) is 24.2 Å². The number of amides is 2. The highest BCUT2D eigenvalue weighted by Gasteiger charge is 2.20. The van der Waals surface area contributed by atoms with Gasteiger partial charge in [-0.15, -0.1) is 0 Å². The quantitative estimate of drug-likeness (QED) is 0.797. The standard InChI is InChI=1S/C18H28N2O2/c1-7-13(3)19(15(5)21)17-9-11-18(12-10-17)20(16(6)22)14(4)8-2/h9-14H,7-8H2,1-6H3/t13-,14-/m1/s1. The summed E-state index contributed by atoms with van der Waals surface area (Å²) in [6.07, 6.45) is 1.79. The second-order valence-corrected chi connectivity index (χ2v) is 5.81. The third kappa shape index (κ3) is 4.09. The van der Waals surface area contributed by atoms with Crippen molar-refractivity contribution < 1.29 is 9.59 Å². The van der Waals surface area contributed by atoms with Crippen molar-refractivity contribution in [2.75, 3.05) is 9.80 Å². The zero-order chi connectivity index (χ0) is 16.9. The lowest BCUT2D eigenvalue weighted by molar-refractivity contribution is -0.117. The maximum absolute atomic E-state index is 11.9. The number of hydrogen-bond donors (Lipinski definition) is 0. The predicted molar refractivity (Wildman–Crippen MR) is 92.3 cm³/mol. The highest BCUT2D eigenvalue weighted by Crippen LogP contribution is 2.25. The van der Waals surface area contributed by atoms with Crippen LogP contribution in [0, 0.1) is 0 Å². The van der Waals surface area contributed by atoms with Gasteiger partial charge < -0.3 is 9.80 Å². The fourth-order valence-corrected chi connectivity index (χ4v) is 2.63. The van der Waals surface area contributed by atoms with Gasteiger partial charge in [0.1, 0.15) is 0 Å². The molecule has 0 N–H and O–H groups in total. The summed E-state index contributed by atoms with van der Waals surface area (Å²) in [6, 6.07) is 7.98. The Bertz CT molecular complexity index is 463. The van der Waals surface area contributed by atoms with Crippen molar-refractivity contribution in [2.24, 2.45) is 0 Å². The predicted octanol–water partition coefficient (Wildman–Crippen LogP) is 3.99. The molecule has 2 atom stereocenters. The fourth-order valence-electron chi connectivity index (χ4n) is 2.63. The van der Waals surface area contributed by atoms with E-state index in [-0.39, 0.29) is 23.9 Å². The van der Waals surface area contributed by atoms with Gasteiger partial charge in [-0.2, -0.15) is 0 Å². The molecule has 2 amide bonds. The molecule has 0 spiro atoms. The summed E-state index contributed by atoms with van der Waals surface area (Å²) in [4.78, 5) is 27.4. The molecule has 0 heterocycles. The van der Waals surface area contributed by atoms with Gasteiger partial charge in [-0.3, -0.25) is 9.59 Å². The van der Waals surface area contributed by atoms with Crippen molar-refractivity contribution in [1.82, 2.24) is 0 Å². The van der Waals surface area contributed by atoms with Crippen LogP contribution in [0.25, 0.3) is 0 Å². The van der Waals surface area contributed by atoms with Gasteiger partial charge in [0.15, 0.2) is 0 Å². The highest BCUT2D eigenvalue weighted by molar-refractivity contribution is 5.94. The summed E-state index contributed by atoms with van der Waals surface area (Å²) in [7, 11) is 0. The number of carbonyl (C=O) groups is 2. The Balaban J connectivity index is 3.11. The van der Waals surface area contributed by atoms with Crippen molar-refractivity contribution in [3.8, 4) is 0 Å². The van der Waals surface area contributed by atoms with E-state index in [1.165, 1.54) is 0 Å². The number of nitrogens with zero attached hydrogens (tertiary/aromatic N) is 2. The Kier molecular flexibility index (Phi) is 6.60. The molecule has 122 valence electrons. The van der Waals surface area contributed by atoms with E-state index in [0.29, 0.717) is 0 Å². The zero-order valence-corrected chi connectivity index (χ0v) is 14.6. The van der Waals surface area contributed by atoms with Crippen LogP contribution in [0.4, 0.5) is 11.4 Å². The van der Waals surface area contributed by atoms with Crippen LogP contribution in [0.5, 0.6) is 0 Å². The summed E-state index contributed by atoms with van der Waals surface area (Å²) in [5.74, 6) is 0.0694. The first-order valence-electron chi connectivity index (χ1n) is 8.03. The van der Waals surface area contributed by atoms with E-state index in [1.54, 1.807) is 23.6 Å². The molecule has 1 aromatic rings. The molecule has 0 aliphatic rings. The Morgan fingerprint density at radius 3 is 1.27 bits per heavy atom. The number of benzene rings is 1. The molecule has 1 rings (SSSR count). The summed E-state index contributed by atoms with van der Waals surface area (Å²) in [5, 5.41) is 0. The van der Waals surface area contributed by atoms with Gasteiger partial charge in [-0.1, -0.05) is 13.8 Å². The van der Waals surface area contributed by atoms with Gasteiger partial charge >= 0.3 is 0 Å². The van der Waals surface area contributed by atoms with E-state index in [9.17, 15) is 9.59 Å². The van der Waals surface area contributed by atoms with Crippen LogP contribution in [0.15, 0.2) is 24.3 Å². The van der Waals surface area contributed by atoms with Crippen LogP contribution in [0.3, 0.4) is 0 Å². The third-order valence-electron chi connectivity index (χ3n) is 4.15. The molecule has 0 radical (unpaired) electrons. The Morgan fingerprint density at radius 1 is 0.818 bits per heavy atom. The lowest BCUT2D eigenvalue weighted by Gasteiger charge is -2.30.